The van der Waals surface area contributed by atoms with Gasteiger partial charge in [-0.3, -0.25) is 9.59 Å². The third kappa shape index (κ3) is 16.2. The largest absolute Gasteiger partial charge is 0.508 e. The normalized spacial score (nSPS) is 11.9. The molecule has 1 aromatic carbocycles. The topological polar surface area (TPSA) is 82.1 Å². The minimum atomic E-state index is -0.348. The minimum Gasteiger partial charge on any atom is -0.508 e. The summed E-state index contributed by atoms with van der Waals surface area (Å²) in [5.41, 5.74) is 1.13. The molecule has 0 saturated carbocycles. The number of carbonyl (C=O) groups excluding carboxylic acids is 2. The van der Waals surface area contributed by atoms with E-state index in [1.54, 1.807) is 0 Å². The van der Waals surface area contributed by atoms with Gasteiger partial charge in [-0.15, -0.1) is 0 Å². The Balaban J connectivity index is 2.72. The van der Waals surface area contributed by atoms with E-state index in [9.17, 15) is 14.7 Å². The molecule has 1 aromatic rings. The third-order valence-corrected chi connectivity index (χ3v) is 9.13. The van der Waals surface area contributed by atoms with Crippen LogP contribution >= 0.6 is 0 Å². The fraction of sp³-hybridized carbons (Fsp3) is 0.789. The standard InChI is InChI=1S/C38H66O6/c1-8-9-10-11-12-13-14-15-16-17-18-19-20-21-28-44-34-30-31(37(2,3)26-22-24-35(40)42-6)33(39)29-32(34)38(4,5)27-23-25-36(41)43-7/h29-30,39H,8-28H2,1-7H3. The van der Waals surface area contributed by atoms with Gasteiger partial charge in [-0.1, -0.05) is 118 Å². The van der Waals surface area contributed by atoms with Crippen LogP contribution in [0.25, 0.3) is 0 Å². The van der Waals surface area contributed by atoms with E-state index in [-0.39, 0.29) is 28.5 Å². The predicted molar refractivity (Wildman–Crippen MR) is 182 cm³/mol. The molecule has 0 radical (unpaired) electrons. The summed E-state index contributed by atoms with van der Waals surface area (Å²) >= 11 is 0. The number of ether oxygens (including phenoxy) is 3. The maximum absolute atomic E-state index is 11.7. The van der Waals surface area contributed by atoms with Crippen molar-refractivity contribution in [3.8, 4) is 11.5 Å². The van der Waals surface area contributed by atoms with Crippen LogP contribution in [0.2, 0.25) is 0 Å². The SMILES string of the molecule is CCCCCCCCCCCCCCCCOc1cc(C(C)(C)CCCC(=O)OC)c(O)cc1C(C)(C)CCCC(=O)OC. The summed E-state index contributed by atoms with van der Waals surface area (Å²) in [6.45, 7) is 11.4. The summed E-state index contributed by atoms with van der Waals surface area (Å²) in [7, 11) is 2.83. The molecule has 44 heavy (non-hydrogen) atoms. The molecule has 6 heteroatoms. The number of carbonyl (C=O) groups is 2. The van der Waals surface area contributed by atoms with Crippen LogP contribution in [0.3, 0.4) is 0 Å². The van der Waals surface area contributed by atoms with Crippen molar-refractivity contribution in [1.29, 1.82) is 0 Å². The Labute approximate surface area is 270 Å². The fourth-order valence-electron chi connectivity index (χ4n) is 6.06. The highest BCUT2D eigenvalue weighted by molar-refractivity contribution is 5.69. The number of unbranched alkanes of at least 4 members (excludes halogenated alkanes) is 13. The van der Waals surface area contributed by atoms with E-state index in [0.717, 1.165) is 42.6 Å². The van der Waals surface area contributed by atoms with Crippen molar-refractivity contribution >= 4 is 11.9 Å². The first kappa shape index (κ1) is 39.8. The number of esters is 2. The number of aromatic hydroxyl groups is 1. The molecular weight excluding hydrogens is 552 g/mol. The van der Waals surface area contributed by atoms with Crippen LogP contribution in [0, 0.1) is 0 Å². The zero-order valence-corrected chi connectivity index (χ0v) is 29.5. The van der Waals surface area contributed by atoms with Gasteiger partial charge in [0.25, 0.3) is 0 Å². The second kappa shape index (κ2) is 22.3. The van der Waals surface area contributed by atoms with Gasteiger partial charge in [0.05, 0.1) is 20.8 Å². The van der Waals surface area contributed by atoms with E-state index in [0.29, 0.717) is 32.3 Å². The van der Waals surface area contributed by atoms with E-state index in [4.69, 9.17) is 14.2 Å². The molecule has 0 aliphatic heterocycles. The number of hydrogen-bond acceptors (Lipinski definition) is 6. The quantitative estimate of drug-likeness (QED) is 0.0821. The Bertz CT molecular complexity index is 935. The average Bonchev–Trinajstić information content (AvgIpc) is 2.98. The molecule has 0 amide bonds. The summed E-state index contributed by atoms with van der Waals surface area (Å²) in [6, 6.07) is 3.87. The minimum absolute atomic E-state index is 0.207. The van der Waals surface area contributed by atoms with Crippen molar-refractivity contribution in [2.24, 2.45) is 0 Å². The second-order valence-corrected chi connectivity index (χ2v) is 13.9. The third-order valence-electron chi connectivity index (χ3n) is 9.13. The first-order valence-electron chi connectivity index (χ1n) is 17.6. The molecule has 1 N–H and O–H groups in total. The van der Waals surface area contributed by atoms with Gasteiger partial charge >= 0.3 is 11.9 Å². The molecule has 0 aromatic heterocycles. The molecule has 1 rings (SSSR count). The van der Waals surface area contributed by atoms with Gasteiger partial charge in [-0.2, -0.15) is 0 Å². The van der Waals surface area contributed by atoms with E-state index in [2.05, 4.69) is 34.6 Å². The lowest BCUT2D eigenvalue weighted by molar-refractivity contribution is -0.141. The van der Waals surface area contributed by atoms with E-state index >= 15 is 0 Å². The molecule has 0 unspecified atom stereocenters. The Kier molecular flexibility index (Phi) is 20.2. The summed E-state index contributed by atoms with van der Waals surface area (Å²) in [5, 5.41) is 11.2. The average molecular weight is 619 g/mol. The first-order valence-corrected chi connectivity index (χ1v) is 17.6. The molecule has 0 fully saturated rings. The first-order chi connectivity index (χ1) is 21.0. The highest BCUT2D eigenvalue weighted by atomic mass is 16.5. The zero-order valence-electron chi connectivity index (χ0n) is 29.5. The van der Waals surface area contributed by atoms with E-state index in [1.165, 1.54) is 91.3 Å². The van der Waals surface area contributed by atoms with Crippen LogP contribution in [-0.2, 0) is 29.9 Å². The lowest BCUT2D eigenvalue weighted by atomic mass is 9.75. The molecule has 0 aliphatic carbocycles. The smallest absolute Gasteiger partial charge is 0.305 e. The maximum Gasteiger partial charge on any atom is 0.305 e. The van der Waals surface area contributed by atoms with Crippen molar-refractivity contribution in [2.75, 3.05) is 20.8 Å². The number of hydrogen-bond donors (Lipinski definition) is 1. The molecule has 0 saturated heterocycles. The van der Waals surface area contributed by atoms with Gasteiger partial charge in [-0.25, -0.2) is 0 Å². The van der Waals surface area contributed by atoms with Gasteiger partial charge in [0.1, 0.15) is 11.5 Å². The fourth-order valence-corrected chi connectivity index (χ4v) is 6.06. The van der Waals surface area contributed by atoms with Crippen LogP contribution in [0.4, 0.5) is 0 Å². The zero-order chi connectivity index (χ0) is 32.8. The summed E-state index contributed by atoms with van der Waals surface area (Å²) < 4.78 is 16.1. The van der Waals surface area contributed by atoms with E-state index in [1.807, 2.05) is 12.1 Å². The van der Waals surface area contributed by atoms with Crippen LogP contribution in [0.1, 0.15) is 174 Å². The summed E-state index contributed by atoms with van der Waals surface area (Å²) in [4.78, 5) is 23.4. The molecular formula is C38H66O6. The van der Waals surface area contributed by atoms with Gasteiger partial charge < -0.3 is 19.3 Å². The Morgan fingerprint density at radius 1 is 0.614 bits per heavy atom. The molecule has 0 atom stereocenters. The molecule has 6 nitrogen and oxygen atoms in total. The molecule has 0 heterocycles. The number of phenolic OH excluding ortho intramolecular Hbond substituents is 1. The molecule has 0 bridgehead atoms. The lowest BCUT2D eigenvalue weighted by Gasteiger charge is -2.32. The van der Waals surface area contributed by atoms with Crippen molar-refractivity contribution in [2.45, 2.75) is 174 Å². The van der Waals surface area contributed by atoms with Crippen LogP contribution in [0.15, 0.2) is 12.1 Å². The number of rotatable bonds is 26. The Morgan fingerprint density at radius 2 is 1.02 bits per heavy atom. The summed E-state index contributed by atoms with van der Waals surface area (Å²) in [6.07, 6.45) is 22.0. The Hall–Kier alpha value is -2.24. The Morgan fingerprint density at radius 3 is 1.45 bits per heavy atom. The van der Waals surface area contributed by atoms with Crippen LogP contribution in [-0.4, -0.2) is 37.9 Å². The van der Waals surface area contributed by atoms with Crippen molar-refractivity contribution in [3.63, 3.8) is 0 Å². The molecule has 254 valence electrons. The van der Waals surface area contributed by atoms with Crippen molar-refractivity contribution in [3.05, 3.63) is 23.3 Å². The van der Waals surface area contributed by atoms with Crippen LogP contribution < -0.4 is 4.74 Å². The van der Waals surface area contributed by atoms with Gasteiger partial charge in [0.15, 0.2) is 0 Å². The maximum atomic E-state index is 11.7. The molecule has 0 aliphatic rings. The second-order valence-electron chi connectivity index (χ2n) is 13.9. The van der Waals surface area contributed by atoms with Gasteiger partial charge in [0, 0.05) is 24.0 Å². The number of phenols is 1. The number of methoxy groups -OCH3 is 2. The monoisotopic (exact) mass is 618 g/mol. The number of benzene rings is 1. The molecule has 0 spiro atoms. The van der Waals surface area contributed by atoms with Crippen LogP contribution in [0.5, 0.6) is 11.5 Å². The highest BCUT2D eigenvalue weighted by Gasteiger charge is 2.31. The van der Waals surface area contributed by atoms with Gasteiger partial charge in [0.2, 0.25) is 0 Å². The van der Waals surface area contributed by atoms with E-state index < -0.39 is 0 Å². The highest BCUT2D eigenvalue weighted by Crippen LogP contribution is 2.44. The van der Waals surface area contributed by atoms with Crippen molar-refractivity contribution < 1.29 is 28.9 Å². The predicted octanol–water partition coefficient (Wildman–Crippen LogP) is 10.5. The summed E-state index contributed by atoms with van der Waals surface area (Å²) in [5.74, 6) is 0.623. The van der Waals surface area contributed by atoms with Gasteiger partial charge in [-0.05, 0) is 55.1 Å². The lowest BCUT2D eigenvalue weighted by Crippen LogP contribution is -2.22. The van der Waals surface area contributed by atoms with Crippen molar-refractivity contribution in [1.82, 2.24) is 0 Å².